The predicted molar refractivity (Wildman–Crippen MR) is 114 cm³/mol. The molecule has 4 aliphatic carbocycles. The molecule has 2 aromatic rings. The van der Waals surface area contributed by atoms with Gasteiger partial charge in [0, 0.05) is 17.0 Å². The molecule has 0 aliphatic heterocycles. The Hall–Kier alpha value is -2.77. The molecule has 1 aromatic carbocycles. The Kier molecular flexibility index (Phi) is 5.29. The van der Waals surface area contributed by atoms with Crippen molar-refractivity contribution in [3.63, 3.8) is 0 Å². The molecule has 6 rings (SSSR count). The van der Waals surface area contributed by atoms with Crippen molar-refractivity contribution in [1.29, 1.82) is 0 Å². The molecule has 4 saturated carbocycles. The average molecular weight is 461 g/mol. The first-order chi connectivity index (χ1) is 15.7. The van der Waals surface area contributed by atoms with E-state index in [9.17, 15) is 18.0 Å². The standard InChI is InChI=1S/C25H26F3NO4/c1-31-22(30)24-13-10-23(11-14-24,12-15-24)9-8-18-20(29-33-21(18)16-6-7-16)17-4-2-3-5-19(17)32-25(26,27)28/h2-5,8-9,16H,6-7,10-15H2,1H3/b9-8+. The van der Waals surface area contributed by atoms with E-state index in [4.69, 9.17) is 9.26 Å². The molecule has 1 heterocycles. The predicted octanol–water partition coefficient (Wildman–Crippen LogP) is 6.64. The number of nitrogens with zero attached hydrogens (tertiary/aromatic N) is 1. The number of esters is 1. The van der Waals surface area contributed by atoms with Crippen molar-refractivity contribution in [2.75, 3.05) is 7.11 Å². The number of halogens is 3. The van der Waals surface area contributed by atoms with Gasteiger partial charge in [0.1, 0.15) is 17.2 Å². The van der Waals surface area contributed by atoms with Crippen LogP contribution in [0.1, 0.15) is 68.6 Å². The number of allylic oxidation sites excluding steroid dienone is 1. The second kappa shape index (κ2) is 7.92. The number of carbonyl (C=O) groups excluding carboxylic acids is 1. The molecule has 2 bridgehead atoms. The summed E-state index contributed by atoms with van der Waals surface area (Å²) in [6.07, 6.45) is 6.30. The molecule has 0 radical (unpaired) electrons. The molecule has 0 unspecified atom stereocenters. The number of hydrogen-bond donors (Lipinski definition) is 0. The fourth-order valence-corrected chi connectivity index (χ4v) is 5.43. The Balaban J connectivity index is 1.47. The number of ether oxygens (including phenoxy) is 2. The molecule has 4 aliphatic rings. The van der Waals surface area contributed by atoms with Crippen molar-refractivity contribution >= 4 is 12.0 Å². The number of para-hydroxylation sites is 1. The third-order valence-electron chi connectivity index (χ3n) is 7.60. The van der Waals surface area contributed by atoms with Crippen LogP contribution in [0.15, 0.2) is 34.9 Å². The maximum absolute atomic E-state index is 13.0. The van der Waals surface area contributed by atoms with Gasteiger partial charge in [-0.05, 0) is 68.9 Å². The largest absolute Gasteiger partial charge is 0.573 e. The normalized spacial score (nSPS) is 27.2. The Morgan fingerprint density at radius 1 is 1.12 bits per heavy atom. The fourth-order valence-electron chi connectivity index (χ4n) is 5.43. The van der Waals surface area contributed by atoms with Crippen LogP contribution in [0.4, 0.5) is 13.2 Å². The Morgan fingerprint density at radius 2 is 1.79 bits per heavy atom. The quantitative estimate of drug-likeness (QED) is 0.451. The maximum Gasteiger partial charge on any atom is 0.573 e. The van der Waals surface area contributed by atoms with E-state index in [0.717, 1.165) is 62.7 Å². The van der Waals surface area contributed by atoms with E-state index in [-0.39, 0.29) is 34.0 Å². The Labute approximate surface area is 189 Å². The molecule has 0 spiro atoms. The van der Waals surface area contributed by atoms with Crippen molar-refractivity contribution in [3.05, 3.63) is 41.7 Å². The molecule has 0 N–H and O–H groups in total. The summed E-state index contributed by atoms with van der Waals surface area (Å²) in [5, 5.41) is 4.17. The lowest BCUT2D eigenvalue weighted by Gasteiger charge is -2.50. The number of fused-ring (bicyclic) bond motifs is 3. The summed E-state index contributed by atoms with van der Waals surface area (Å²) in [7, 11) is 1.45. The first kappa shape index (κ1) is 22.0. The minimum Gasteiger partial charge on any atom is -0.469 e. The van der Waals surface area contributed by atoms with E-state index in [1.165, 1.54) is 19.2 Å². The molecular formula is C25H26F3NO4. The highest BCUT2D eigenvalue weighted by molar-refractivity contribution is 5.78. The monoisotopic (exact) mass is 461 g/mol. The van der Waals surface area contributed by atoms with Crippen LogP contribution in [0.2, 0.25) is 0 Å². The molecule has 4 fully saturated rings. The highest BCUT2D eigenvalue weighted by atomic mass is 19.4. The molecular weight excluding hydrogens is 435 g/mol. The van der Waals surface area contributed by atoms with Crippen LogP contribution in [0.3, 0.4) is 0 Å². The zero-order chi connectivity index (χ0) is 23.3. The van der Waals surface area contributed by atoms with Crippen LogP contribution in [-0.4, -0.2) is 24.6 Å². The molecule has 5 nitrogen and oxygen atoms in total. The van der Waals surface area contributed by atoms with Crippen molar-refractivity contribution in [3.8, 4) is 17.0 Å². The van der Waals surface area contributed by atoms with Gasteiger partial charge in [-0.1, -0.05) is 29.4 Å². The minimum atomic E-state index is -4.80. The van der Waals surface area contributed by atoms with Crippen LogP contribution in [0.25, 0.3) is 17.3 Å². The van der Waals surface area contributed by atoms with Gasteiger partial charge in [-0.2, -0.15) is 0 Å². The molecule has 176 valence electrons. The summed E-state index contributed by atoms with van der Waals surface area (Å²) in [5.41, 5.74) is 0.937. The highest BCUT2D eigenvalue weighted by Crippen LogP contribution is 2.58. The molecule has 8 heteroatoms. The summed E-state index contributed by atoms with van der Waals surface area (Å²) in [6, 6.07) is 6.01. The Bertz CT molecular complexity index is 1060. The van der Waals surface area contributed by atoms with E-state index < -0.39 is 6.36 Å². The zero-order valence-electron chi connectivity index (χ0n) is 18.4. The average Bonchev–Trinajstić information content (AvgIpc) is 3.57. The Morgan fingerprint density at radius 3 is 2.39 bits per heavy atom. The van der Waals surface area contributed by atoms with E-state index in [0.29, 0.717) is 5.69 Å². The number of rotatable bonds is 6. The van der Waals surface area contributed by atoms with Gasteiger partial charge in [-0.25, -0.2) is 0 Å². The third kappa shape index (κ3) is 4.15. The molecule has 0 amide bonds. The number of alkyl halides is 3. The van der Waals surface area contributed by atoms with Crippen LogP contribution in [0.5, 0.6) is 5.75 Å². The summed E-state index contributed by atoms with van der Waals surface area (Å²) in [4.78, 5) is 12.3. The van der Waals surface area contributed by atoms with Gasteiger partial charge in [0.25, 0.3) is 0 Å². The van der Waals surface area contributed by atoms with Crippen molar-refractivity contribution in [2.45, 2.75) is 63.6 Å². The van der Waals surface area contributed by atoms with E-state index in [1.807, 2.05) is 6.08 Å². The molecule has 33 heavy (non-hydrogen) atoms. The first-order valence-corrected chi connectivity index (χ1v) is 11.4. The van der Waals surface area contributed by atoms with E-state index in [2.05, 4.69) is 16.0 Å². The van der Waals surface area contributed by atoms with Crippen LogP contribution in [-0.2, 0) is 9.53 Å². The van der Waals surface area contributed by atoms with Crippen LogP contribution < -0.4 is 4.74 Å². The summed E-state index contributed by atoms with van der Waals surface area (Å²) in [6.45, 7) is 0. The number of aromatic nitrogens is 1. The second-order valence-electron chi connectivity index (χ2n) is 9.59. The molecule has 1 aromatic heterocycles. The lowest BCUT2D eigenvalue weighted by atomic mass is 9.53. The summed E-state index contributed by atoms with van der Waals surface area (Å²) >= 11 is 0. The van der Waals surface area contributed by atoms with Gasteiger partial charge in [0.15, 0.2) is 0 Å². The number of benzene rings is 1. The minimum absolute atomic E-state index is 0.0346. The zero-order valence-corrected chi connectivity index (χ0v) is 18.4. The van der Waals surface area contributed by atoms with Gasteiger partial charge < -0.3 is 14.0 Å². The highest BCUT2D eigenvalue weighted by Gasteiger charge is 2.52. The van der Waals surface area contributed by atoms with Gasteiger partial charge in [0.2, 0.25) is 0 Å². The lowest BCUT2D eigenvalue weighted by Crippen LogP contribution is -2.45. The van der Waals surface area contributed by atoms with Crippen molar-refractivity contribution < 1.29 is 32.0 Å². The second-order valence-corrected chi connectivity index (χ2v) is 9.59. The number of carbonyl (C=O) groups is 1. The topological polar surface area (TPSA) is 61.6 Å². The van der Waals surface area contributed by atoms with E-state index >= 15 is 0 Å². The van der Waals surface area contributed by atoms with Gasteiger partial charge in [0.05, 0.1) is 12.5 Å². The molecule has 0 atom stereocenters. The lowest BCUT2D eigenvalue weighted by molar-refractivity contribution is -0.274. The smallest absolute Gasteiger partial charge is 0.469 e. The number of hydrogen-bond acceptors (Lipinski definition) is 5. The summed E-state index contributed by atoms with van der Waals surface area (Å²) < 4.78 is 53.9. The van der Waals surface area contributed by atoms with Gasteiger partial charge in [-0.3, -0.25) is 4.79 Å². The van der Waals surface area contributed by atoms with Gasteiger partial charge >= 0.3 is 12.3 Å². The maximum atomic E-state index is 13.0. The van der Waals surface area contributed by atoms with Crippen molar-refractivity contribution in [1.82, 2.24) is 5.16 Å². The van der Waals surface area contributed by atoms with Crippen molar-refractivity contribution in [2.24, 2.45) is 10.8 Å². The van der Waals surface area contributed by atoms with Crippen LogP contribution >= 0.6 is 0 Å². The molecule has 0 saturated heterocycles. The van der Waals surface area contributed by atoms with Gasteiger partial charge in [-0.15, -0.1) is 13.2 Å². The first-order valence-electron chi connectivity index (χ1n) is 11.4. The SMILES string of the molecule is COC(=O)C12CCC(/C=C/c3c(-c4ccccc4OC(F)(F)F)noc3C3CC3)(CC1)CC2. The summed E-state index contributed by atoms with van der Waals surface area (Å²) in [5.74, 6) is 0.545. The van der Waals surface area contributed by atoms with Crippen LogP contribution in [0, 0.1) is 10.8 Å². The fraction of sp³-hybridized carbons (Fsp3) is 0.520. The number of methoxy groups -OCH3 is 1. The third-order valence-corrected chi connectivity index (χ3v) is 7.60. The van der Waals surface area contributed by atoms with E-state index in [1.54, 1.807) is 12.1 Å².